The number of hydrogen-bond acceptors (Lipinski definition) is 3. The molecule has 0 spiro atoms. The Morgan fingerprint density at radius 3 is 3.00 bits per heavy atom. The van der Waals surface area contributed by atoms with Crippen LogP contribution in [0, 0.1) is 5.92 Å². The molecule has 0 radical (unpaired) electrons. The lowest BCUT2D eigenvalue weighted by molar-refractivity contribution is 0.0354. The summed E-state index contributed by atoms with van der Waals surface area (Å²) in [5, 5.41) is 3.72. The second kappa shape index (κ2) is 7.61. The molecule has 0 aromatic carbocycles. The molecule has 1 aliphatic heterocycles. The van der Waals surface area contributed by atoms with Gasteiger partial charge in [-0.15, -0.1) is 0 Å². The normalized spacial score (nSPS) is 22.9. The number of ether oxygens (including phenoxy) is 1. The topological polar surface area (TPSA) is 34.1 Å². The Hall–Kier alpha value is -0.930. The van der Waals surface area contributed by atoms with Crippen LogP contribution in [0.5, 0.6) is 0 Å². The minimum absolute atomic E-state index is 0.430. The van der Waals surface area contributed by atoms with Crippen molar-refractivity contribution >= 4 is 0 Å². The van der Waals surface area contributed by atoms with Crippen molar-refractivity contribution in [3.05, 3.63) is 30.1 Å². The molecule has 3 atom stereocenters. The van der Waals surface area contributed by atoms with Gasteiger partial charge in [0.05, 0.1) is 6.61 Å². The second-order valence-corrected chi connectivity index (χ2v) is 5.50. The molecule has 1 aromatic rings. The minimum atomic E-state index is 0.430. The van der Waals surface area contributed by atoms with Gasteiger partial charge in [0.2, 0.25) is 0 Å². The van der Waals surface area contributed by atoms with Crippen LogP contribution in [0.1, 0.15) is 44.7 Å². The summed E-state index contributed by atoms with van der Waals surface area (Å²) in [5.41, 5.74) is 1.18. The van der Waals surface area contributed by atoms with E-state index >= 15 is 0 Å². The van der Waals surface area contributed by atoms with E-state index < -0.39 is 0 Å². The number of aromatic nitrogens is 1. The van der Waals surface area contributed by atoms with Crippen molar-refractivity contribution < 1.29 is 4.74 Å². The SMILES string of the molecule is CCCNC(C1CCCOC1)C(C)c1ccccn1. The first-order valence-electron chi connectivity index (χ1n) is 7.55. The summed E-state index contributed by atoms with van der Waals surface area (Å²) in [5.74, 6) is 1.04. The van der Waals surface area contributed by atoms with Gasteiger partial charge in [0.25, 0.3) is 0 Å². The molecule has 19 heavy (non-hydrogen) atoms. The molecule has 2 rings (SSSR count). The standard InChI is InChI=1S/C16H26N2O/c1-3-9-18-16(14-7-6-11-19-12-14)13(2)15-8-4-5-10-17-15/h4-5,8,10,13-14,16,18H,3,6-7,9,11-12H2,1-2H3. The van der Waals surface area contributed by atoms with Crippen molar-refractivity contribution in [1.82, 2.24) is 10.3 Å². The van der Waals surface area contributed by atoms with Crippen molar-refractivity contribution in [3.8, 4) is 0 Å². The molecule has 0 aliphatic carbocycles. The van der Waals surface area contributed by atoms with Gasteiger partial charge in [-0.2, -0.15) is 0 Å². The fourth-order valence-corrected chi connectivity index (χ4v) is 2.94. The van der Waals surface area contributed by atoms with Gasteiger partial charge in [0.15, 0.2) is 0 Å². The molecule has 1 fully saturated rings. The summed E-state index contributed by atoms with van der Waals surface area (Å²) in [7, 11) is 0. The molecule has 106 valence electrons. The monoisotopic (exact) mass is 262 g/mol. The highest BCUT2D eigenvalue weighted by atomic mass is 16.5. The van der Waals surface area contributed by atoms with E-state index in [-0.39, 0.29) is 0 Å². The highest BCUT2D eigenvalue weighted by Crippen LogP contribution is 2.27. The van der Waals surface area contributed by atoms with Gasteiger partial charge in [-0.05, 0) is 43.9 Å². The van der Waals surface area contributed by atoms with Crippen molar-refractivity contribution in [1.29, 1.82) is 0 Å². The summed E-state index contributed by atoms with van der Waals surface area (Å²) in [6, 6.07) is 6.66. The molecule has 1 saturated heterocycles. The third-order valence-corrected chi connectivity index (χ3v) is 4.03. The van der Waals surface area contributed by atoms with Gasteiger partial charge >= 0.3 is 0 Å². The Morgan fingerprint density at radius 2 is 2.37 bits per heavy atom. The molecule has 0 saturated carbocycles. The minimum Gasteiger partial charge on any atom is -0.381 e. The van der Waals surface area contributed by atoms with E-state index in [1.54, 1.807) is 0 Å². The average molecular weight is 262 g/mol. The molecule has 3 nitrogen and oxygen atoms in total. The lowest BCUT2D eigenvalue weighted by Gasteiger charge is -2.34. The van der Waals surface area contributed by atoms with E-state index in [4.69, 9.17) is 4.74 Å². The number of pyridine rings is 1. The fourth-order valence-electron chi connectivity index (χ4n) is 2.94. The van der Waals surface area contributed by atoms with E-state index in [2.05, 4.69) is 36.3 Å². The van der Waals surface area contributed by atoms with Crippen LogP contribution in [0.2, 0.25) is 0 Å². The molecule has 2 heterocycles. The molecular weight excluding hydrogens is 236 g/mol. The van der Waals surface area contributed by atoms with Crippen LogP contribution < -0.4 is 5.32 Å². The fraction of sp³-hybridized carbons (Fsp3) is 0.688. The molecule has 0 bridgehead atoms. The molecule has 0 amide bonds. The zero-order valence-electron chi connectivity index (χ0n) is 12.1. The number of hydrogen-bond donors (Lipinski definition) is 1. The first kappa shape index (κ1) is 14.5. The first-order valence-corrected chi connectivity index (χ1v) is 7.55. The van der Waals surface area contributed by atoms with Crippen LogP contribution >= 0.6 is 0 Å². The maximum absolute atomic E-state index is 5.67. The van der Waals surface area contributed by atoms with E-state index in [0.29, 0.717) is 17.9 Å². The predicted octanol–water partition coefficient (Wildman–Crippen LogP) is 2.98. The lowest BCUT2D eigenvalue weighted by atomic mass is 9.84. The lowest BCUT2D eigenvalue weighted by Crippen LogP contribution is -2.44. The van der Waals surface area contributed by atoms with Crippen molar-refractivity contribution in [3.63, 3.8) is 0 Å². The summed E-state index contributed by atoms with van der Waals surface area (Å²) >= 11 is 0. The largest absolute Gasteiger partial charge is 0.381 e. The Balaban J connectivity index is 2.07. The van der Waals surface area contributed by atoms with Gasteiger partial charge in [0, 0.05) is 30.5 Å². The van der Waals surface area contributed by atoms with Crippen LogP contribution in [0.4, 0.5) is 0 Å². The molecule has 3 unspecified atom stereocenters. The maximum Gasteiger partial charge on any atom is 0.0509 e. The van der Waals surface area contributed by atoms with Crippen molar-refractivity contribution in [2.75, 3.05) is 19.8 Å². The Bertz CT molecular complexity index is 349. The van der Waals surface area contributed by atoms with Crippen LogP contribution in [0.15, 0.2) is 24.4 Å². The van der Waals surface area contributed by atoms with Crippen molar-refractivity contribution in [2.24, 2.45) is 5.92 Å². The van der Waals surface area contributed by atoms with Gasteiger partial charge in [-0.1, -0.05) is 19.9 Å². The summed E-state index contributed by atoms with van der Waals surface area (Å²) in [6.07, 6.45) is 5.50. The average Bonchev–Trinajstić information content (AvgIpc) is 2.49. The Kier molecular flexibility index (Phi) is 5.80. The number of rotatable bonds is 6. The molecule has 1 N–H and O–H groups in total. The third kappa shape index (κ3) is 4.02. The smallest absolute Gasteiger partial charge is 0.0509 e. The summed E-state index contributed by atoms with van der Waals surface area (Å²) in [6.45, 7) is 7.38. The van der Waals surface area contributed by atoms with Crippen LogP contribution in [0.25, 0.3) is 0 Å². The van der Waals surface area contributed by atoms with E-state index in [0.717, 1.165) is 19.8 Å². The predicted molar refractivity (Wildman–Crippen MR) is 78.3 cm³/mol. The van der Waals surface area contributed by atoms with E-state index in [1.165, 1.54) is 25.0 Å². The van der Waals surface area contributed by atoms with Gasteiger partial charge in [-0.25, -0.2) is 0 Å². The van der Waals surface area contributed by atoms with Gasteiger partial charge in [0.1, 0.15) is 0 Å². The number of nitrogens with one attached hydrogen (secondary N) is 1. The first-order chi connectivity index (χ1) is 9.33. The molecule has 1 aromatic heterocycles. The zero-order chi connectivity index (χ0) is 13.5. The molecule has 3 heteroatoms. The second-order valence-electron chi connectivity index (χ2n) is 5.50. The highest BCUT2D eigenvalue weighted by molar-refractivity contribution is 5.12. The third-order valence-electron chi connectivity index (χ3n) is 4.03. The van der Waals surface area contributed by atoms with Gasteiger partial charge in [-0.3, -0.25) is 4.98 Å². The van der Waals surface area contributed by atoms with Crippen LogP contribution in [0.3, 0.4) is 0 Å². The Labute approximate surface area is 116 Å². The highest BCUT2D eigenvalue weighted by Gasteiger charge is 2.29. The quantitative estimate of drug-likeness (QED) is 0.856. The van der Waals surface area contributed by atoms with Crippen LogP contribution in [-0.2, 0) is 4.74 Å². The van der Waals surface area contributed by atoms with Crippen LogP contribution in [-0.4, -0.2) is 30.8 Å². The van der Waals surface area contributed by atoms with E-state index in [1.807, 2.05) is 12.3 Å². The summed E-state index contributed by atoms with van der Waals surface area (Å²) < 4.78 is 5.67. The number of nitrogens with zero attached hydrogens (tertiary/aromatic N) is 1. The van der Waals surface area contributed by atoms with Gasteiger partial charge < -0.3 is 10.1 Å². The maximum atomic E-state index is 5.67. The molecule has 1 aliphatic rings. The molecular formula is C16H26N2O. The zero-order valence-corrected chi connectivity index (χ0v) is 12.1. The summed E-state index contributed by atoms with van der Waals surface area (Å²) in [4.78, 5) is 4.52. The Morgan fingerprint density at radius 1 is 1.47 bits per heavy atom. The van der Waals surface area contributed by atoms with E-state index in [9.17, 15) is 0 Å². The van der Waals surface area contributed by atoms with Crippen molar-refractivity contribution in [2.45, 2.75) is 45.1 Å².